The second-order valence-electron chi connectivity index (χ2n) is 6.41. The largest absolute Gasteiger partial charge is 0.481 e. The highest BCUT2D eigenvalue weighted by molar-refractivity contribution is 7.90. The first-order chi connectivity index (χ1) is 13.8. The Labute approximate surface area is 168 Å². The Morgan fingerprint density at radius 1 is 1.21 bits per heavy atom. The van der Waals surface area contributed by atoms with Crippen molar-refractivity contribution in [3.05, 3.63) is 36.0 Å². The lowest BCUT2D eigenvalue weighted by molar-refractivity contribution is -0.119. The van der Waals surface area contributed by atoms with E-state index in [1.54, 1.807) is 25.1 Å². The molecule has 0 radical (unpaired) electrons. The number of nitrogens with zero attached hydrogens (tertiary/aromatic N) is 3. The monoisotopic (exact) mass is 419 g/mol. The number of aromatic nitrogens is 2. The highest BCUT2D eigenvalue weighted by Crippen LogP contribution is 2.28. The van der Waals surface area contributed by atoms with E-state index in [0.717, 1.165) is 12.8 Å². The minimum Gasteiger partial charge on any atom is -0.481 e. The van der Waals surface area contributed by atoms with Gasteiger partial charge in [0.2, 0.25) is 17.7 Å². The summed E-state index contributed by atoms with van der Waals surface area (Å²) in [7, 11) is -2.84. The van der Waals surface area contributed by atoms with Crippen LogP contribution >= 0.6 is 0 Å². The summed E-state index contributed by atoms with van der Waals surface area (Å²) in [6.07, 6.45) is 1.90. The van der Waals surface area contributed by atoms with Crippen LogP contribution in [0.1, 0.15) is 25.0 Å². The molecule has 29 heavy (non-hydrogen) atoms. The van der Waals surface area contributed by atoms with Crippen LogP contribution in [0.2, 0.25) is 0 Å². The summed E-state index contributed by atoms with van der Waals surface area (Å²) in [5, 5.41) is 2.28. The number of benzene rings is 1. The van der Waals surface area contributed by atoms with Gasteiger partial charge in [-0.05, 0) is 31.9 Å². The lowest BCUT2D eigenvalue weighted by atomic mass is 10.1. The predicted octanol–water partition coefficient (Wildman–Crippen LogP) is 1.82. The van der Waals surface area contributed by atoms with Crippen molar-refractivity contribution in [2.24, 2.45) is 0 Å². The van der Waals surface area contributed by atoms with Gasteiger partial charge in [0.25, 0.3) is 10.0 Å². The number of methoxy groups -OCH3 is 1. The van der Waals surface area contributed by atoms with E-state index in [9.17, 15) is 18.0 Å². The van der Waals surface area contributed by atoms with Crippen LogP contribution in [-0.2, 0) is 14.8 Å². The van der Waals surface area contributed by atoms with Crippen molar-refractivity contribution in [2.45, 2.75) is 31.1 Å². The number of hydrogen-bond acceptors (Lipinski definition) is 7. The number of carbonyl (C=O) groups is 2. The van der Waals surface area contributed by atoms with Crippen molar-refractivity contribution in [3.63, 3.8) is 0 Å². The van der Waals surface area contributed by atoms with Crippen molar-refractivity contribution in [3.8, 4) is 5.88 Å². The molecule has 1 saturated heterocycles. The van der Waals surface area contributed by atoms with Crippen LogP contribution in [0.4, 0.5) is 16.4 Å². The van der Waals surface area contributed by atoms with Crippen LogP contribution in [0.15, 0.2) is 35.2 Å². The zero-order valence-corrected chi connectivity index (χ0v) is 16.8. The minimum absolute atomic E-state index is 0.103. The highest BCUT2D eigenvalue weighted by Gasteiger charge is 2.28. The molecule has 1 fully saturated rings. The minimum atomic E-state index is -4.25. The number of urea groups is 1. The summed E-state index contributed by atoms with van der Waals surface area (Å²) >= 11 is 0. The fourth-order valence-corrected chi connectivity index (χ4v) is 4.09. The van der Waals surface area contributed by atoms with E-state index in [4.69, 9.17) is 4.74 Å². The van der Waals surface area contributed by atoms with Gasteiger partial charge in [0.1, 0.15) is 4.90 Å². The lowest BCUT2D eigenvalue weighted by Gasteiger charge is -2.28. The van der Waals surface area contributed by atoms with E-state index in [1.807, 2.05) is 4.72 Å². The van der Waals surface area contributed by atoms with Crippen molar-refractivity contribution < 1.29 is 22.7 Å². The van der Waals surface area contributed by atoms with Gasteiger partial charge in [-0.25, -0.2) is 22.9 Å². The van der Waals surface area contributed by atoms with Crippen LogP contribution in [0.3, 0.4) is 0 Å². The van der Waals surface area contributed by atoms with Crippen molar-refractivity contribution in [2.75, 3.05) is 23.9 Å². The van der Waals surface area contributed by atoms with Gasteiger partial charge in [-0.3, -0.25) is 10.1 Å². The summed E-state index contributed by atoms with van der Waals surface area (Å²) in [5.74, 6) is -0.0257. The van der Waals surface area contributed by atoms with Crippen LogP contribution < -0.4 is 19.7 Å². The molecule has 2 N–H and O–H groups in total. The number of aryl methyl sites for hydroxylation is 1. The fraction of sp³-hybridized carbons (Fsp3) is 0.333. The molecule has 1 aromatic carbocycles. The van der Waals surface area contributed by atoms with Crippen LogP contribution in [0, 0.1) is 6.92 Å². The Hall–Kier alpha value is -3.21. The maximum atomic E-state index is 12.8. The molecule has 1 aliphatic rings. The first-order valence-corrected chi connectivity index (χ1v) is 10.4. The Bertz CT molecular complexity index is 1040. The number of ether oxygens (including phenoxy) is 1. The molecular formula is C18H21N5O5S. The predicted molar refractivity (Wildman–Crippen MR) is 105 cm³/mol. The number of para-hydroxylation sites is 1. The van der Waals surface area contributed by atoms with E-state index in [2.05, 4.69) is 15.3 Å². The molecule has 0 atom stereocenters. The summed E-state index contributed by atoms with van der Waals surface area (Å²) < 4.78 is 32.6. The number of carbonyl (C=O) groups excluding carboxylic acids is 2. The van der Waals surface area contributed by atoms with Gasteiger partial charge in [0.15, 0.2) is 0 Å². The van der Waals surface area contributed by atoms with Gasteiger partial charge in [-0.1, -0.05) is 12.1 Å². The third kappa shape index (κ3) is 4.80. The standard InChI is InChI=1S/C18H21N5O5S/c1-12-11-15(28-2)20-17(19-12)21-18(25)22-29(26,27)14-8-4-3-7-13(14)23-10-6-5-9-16(23)24/h3-4,7-8,11H,5-6,9-10H2,1-2H3,(H2,19,20,21,22,25). The first kappa shape index (κ1) is 20.5. The second kappa shape index (κ2) is 8.43. The molecule has 2 aromatic rings. The number of rotatable bonds is 5. The molecule has 2 heterocycles. The van der Waals surface area contributed by atoms with Crippen molar-refractivity contribution in [1.82, 2.24) is 14.7 Å². The average Bonchev–Trinajstić information content (AvgIpc) is 2.67. The van der Waals surface area contributed by atoms with E-state index in [-0.39, 0.29) is 28.3 Å². The number of anilines is 2. The Balaban J connectivity index is 1.82. The Kier molecular flexibility index (Phi) is 5.97. The number of hydrogen-bond donors (Lipinski definition) is 2. The van der Waals surface area contributed by atoms with Crippen LogP contribution in [-0.4, -0.2) is 44.0 Å². The molecule has 0 unspecified atom stereocenters. The SMILES string of the molecule is COc1cc(C)nc(NC(=O)NS(=O)(=O)c2ccccc2N2CCCCC2=O)n1. The smallest absolute Gasteiger partial charge is 0.335 e. The Morgan fingerprint density at radius 2 is 1.97 bits per heavy atom. The molecule has 0 bridgehead atoms. The molecule has 3 rings (SSSR count). The van der Waals surface area contributed by atoms with Gasteiger partial charge in [0.05, 0.1) is 12.8 Å². The van der Waals surface area contributed by atoms with Crippen molar-refractivity contribution in [1.29, 1.82) is 0 Å². The average molecular weight is 419 g/mol. The summed E-state index contributed by atoms with van der Waals surface area (Å²) in [6, 6.07) is 6.59. The van der Waals surface area contributed by atoms with Gasteiger partial charge < -0.3 is 9.64 Å². The third-order valence-corrected chi connectivity index (χ3v) is 5.64. The van der Waals surface area contributed by atoms with E-state index in [1.165, 1.54) is 24.1 Å². The first-order valence-electron chi connectivity index (χ1n) is 8.93. The third-order valence-electron chi connectivity index (χ3n) is 4.26. The van der Waals surface area contributed by atoms with Crippen molar-refractivity contribution >= 4 is 33.6 Å². The summed E-state index contributed by atoms with van der Waals surface area (Å²) in [6.45, 7) is 2.10. The lowest BCUT2D eigenvalue weighted by Crippen LogP contribution is -2.39. The molecule has 1 aromatic heterocycles. The van der Waals surface area contributed by atoms with Gasteiger partial charge in [-0.15, -0.1) is 0 Å². The molecule has 3 amide bonds. The van der Waals surface area contributed by atoms with Crippen LogP contribution in [0.5, 0.6) is 5.88 Å². The van der Waals surface area contributed by atoms with Crippen LogP contribution in [0.25, 0.3) is 0 Å². The molecule has 11 heteroatoms. The maximum absolute atomic E-state index is 12.8. The zero-order chi connectivity index (χ0) is 21.0. The molecule has 0 spiro atoms. The maximum Gasteiger partial charge on any atom is 0.335 e. The molecule has 10 nitrogen and oxygen atoms in total. The molecule has 154 valence electrons. The quantitative estimate of drug-likeness (QED) is 0.756. The van der Waals surface area contributed by atoms with Gasteiger partial charge in [-0.2, -0.15) is 4.98 Å². The van der Waals surface area contributed by atoms with E-state index >= 15 is 0 Å². The highest BCUT2D eigenvalue weighted by atomic mass is 32.2. The summed E-state index contributed by atoms with van der Waals surface area (Å²) in [5.41, 5.74) is 0.773. The molecule has 0 saturated carbocycles. The number of sulfonamides is 1. The summed E-state index contributed by atoms with van der Waals surface area (Å²) in [4.78, 5) is 33.7. The van der Waals surface area contributed by atoms with E-state index < -0.39 is 16.1 Å². The molecule has 0 aliphatic carbocycles. The number of nitrogens with one attached hydrogen (secondary N) is 2. The number of piperidine rings is 1. The Morgan fingerprint density at radius 3 is 2.69 bits per heavy atom. The normalized spacial score (nSPS) is 14.4. The topological polar surface area (TPSA) is 131 Å². The number of amides is 3. The van der Waals surface area contributed by atoms with E-state index in [0.29, 0.717) is 18.7 Å². The second-order valence-corrected chi connectivity index (χ2v) is 8.06. The zero-order valence-electron chi connectivity index (χ0n) is 16.0. The fourth-order valence-electron chi connectivity index (χ4n) is 2.97. The van der Waals surface area contributed by atoms with Gasteiger partial charge >= 0.3 is 6.03 Å². The molecular weight excluding hydrogens is 398 g/mol. The molecule has 1 aliphatic heterocycles. The van der Waals surface area contributed by atoms with Gasteiger partial charge in [0, 0.05) is 24.7 Å².